The molecular weight excluding hydrogens is 384 g/mol. The molecule has 158 valence electrons. The summed E-state index contributed by atoms with van der Waals surface area (Å²) in [6, 6.07) is 8.00. The van der Waals surface area contributed by atoms with Gasteiger partial charge in [-0.2, -0.15) is 0 Å². The van der Waals surface area contributed by atoms with E-state index in [1.807, 2.05) is 36.2 Å². The first-order chi connectivity index (χ1) is 14.1. The topological polar surface area (TPSA) is 88.7 Å². The highest BCUT2D eigenvalue weighted by atomic mass is 16.5. The number of aryl methyl sites for hydroxylation is 1. The predicted octanol–water partition coefficient (Wildman–Crippen LogP) is 3.46. The summed E-state index contributed by atoms with van der Waals surface area (Å²) in [5.41, 5.74) is 4.05. The molecule has 0 spiro atoms. The average Bonchev–Trinajstić information content (AvgIpc) is 3.11. The maximum absolute atomic E-state index is 12.6. The Bertz CT molecular complexity index is 1060. The molecule has 7 nitrogen and oxygen atoms in total. The predicted molar refractivity (Wildman–Crippen MR) is 113 cm³/mol. The number of likely N-dealkylation sites (N-methyl/N-ethyl adjacent to an activating group) is 1. The van der Waals surface area contributed by atoms with Crippen LogP contribution in [0.4, 0.5) is 5.69 Å². The molecule has 0 radical (unpaired) electrons. The lowest BCUT2D eigenvalue weighted by molar-refractivity contribution is -0.117. The van der Waals surface area contributed by atoms with Crippen LogP contribution in [0.25, 0.3) is 0 Å². The Morgan fingerprint density at radius 1 is 1.13 bits per heavy atom. The summed E-state index contributed by atoms with van der Waals surface area (Å²) in [6.45, 7) is 7.01. The molecule has 0 saturated heterocycles. The van der Waals surface area contributed by atoms with E-state index in [1.165, 1.54) is 13.2 Å². The van der Waals surface area contributed by atoms with Gasteiger partial charge >= 0.3 is 11.9 Å². The van der Waals surface area contributed by atoms with E-state index in [4.69, 9.17) is 9.47 Å². The number of hydrogen-bond donors (Lipinski definition) is 1. The molecule has 2 heterocycles. The van der Waals surface area contributed by atoms with Crippen molar-refractivity contribution in [3.05, 3.63) is 64.1 Å². The number of allylic oxidation sites excluding steroid dienone is 1. The largest absolute Gasteiger partial charge is 0.465 e. The Kier molecular flexibility index (Phi) is 5.57. The van der Waals surface area contributed by atoms with Gasteiger partial charge in [-0.3, -0.25) is 4.79 Å². The van der Waals surface area contributed by atoms with E-state index in [1.54, 1.807) is 13.8 Å². The van der Waals surface area contributed by atoms with E-state index in [9.17, 15) is 14.4 Å². The van der Waals surface area contributed by atoms with Gasteiger partial charge in [0.2, 0.25) is 0 Å². The maximum atomic E-state index is 12.6. The number of aromatic nitrogens is 1. The number of H-pyrrole nitrogens is 1. The van der Waals surface area contributed by atoms with Crippen LogP contribution in [0.15, 0.2) is 36.0 Å². The second kappa shape index (κ2) is 7.82. The van der Waals surface area contributed by atoms with Crippen molar-refractivity contribution in [1.82, 2.24) is 4.98 Å². The lowest BCUT2D eigenvalue weighted by atomic mass is 9.83. The molecule has 0 saturated carbocycles. The molecule has 1 aliphatic rings. The fourth-order valence-electron chi connectivity index (χ4n) is 4.02. The van der Waals surface area contributed by atoms with Crippen molar-refractivity contribution in [2.24, 2.45) is 0 Å². The summed E-state index contributed by atoms with van der Waals surface area (Å²) in [5.74, 6) is -1.55. The number of esters is 2. The van der Waals surface area contributed by atoms with Crippen LogP contribution in [0.3, 0.4) is 0 Å². The maximum Gasteiger partial charge on any atom is 0.355 e. The van der Waals surface area contributed by atoms with Gasteiger partial charge in [0.05, 0.1) is 12.7 Å². The van der Waals surface area contributed by atoms with E-state index in [-0.39, 0.29) is 16.9 Å². The number of ketones is 1. The second-order valence-electron chi connectivity index (χ2n) is 7.89. The van der Waals surface area contributed by atoms with Crippen LogP contribution in [0.5, 0.6) is 0 Å². The summed E-state index contributed by atoms with van der Waals surface area (Å²) < 4.78 is 9.95. The molecule has 0 aliphatic carbocycles. The third-order valence-electron chi connectivity index (χ3n) is 5.61. The molecule has 0 unspecified atom stereocenters. The lowest BCUT2D eigenvalue weighted by Crippen LogP contribution is -2.25. The van der Waals surface area contributed by atoms with Crippen molar-refractivity contribution in [3.8, 4) is 0 Å². The van der Waals surface area contributed by atoms with Crippen LogP contribution < -0.4 is 4.90 Å². The highest BCUT2D eigenvalue weighted by Crippen LogP contribution is 2.46. The van der Waals surface area contributed by atoms with Crippen molar-refractivity contribution in [2.75, 3.05) is 25.7 Å². The van der Waals surface area contributed by atoms with Crippen LogP contribution >= 0.6 is 0 Å². The number of nitrogens with one attached hydrogen (secondary N) is 1. The molecule has 2 aromatic rings. The number of para-hydroxylation sites is 1. The first kappa shape index (κ1) is 21.4. The van der Waals surface area contributed by atoms with Gasteiger partial charge in [-0.1, -0.05) is 32.0 Å². The fourth-order valence-corrected chi connectivity index (χ4v) is 4.02. The Labute approximate surface area is 175 Å². The quantitative estimate of drug-likeness (QED) is 0.600. The van der Waals surface area contributed by atoms with Crippen molar-refractivity contribution < 1.29 is 23.9 Å². The molecule has 0 bridgehead atoms. The number of benzene rings is 1. The van der Waals surface area contributed by atoms with Crippen LogP contribution in [0.1, 0.15) is 51.5 Å². The third-order valence-corrected chi connectivity index (χ3v) is 5.61. The van der Waals surface area contributed by atoms with E-state index < -0.39 is 18.5 Å². The van der Waals surface area contributed by atoms with E-state index in [0.717, 1.165) is 16.9 Å². The SMILES string of the molecule is COC(=O)c1c(C)[nH]c(C(=O)OCC(=O)/C=C2/N(C)c3ccccc3C2(C)C)c1C. The minimum Gasteiger partial charge on any atom is -0.465 e. The highest BCUT2D eigenvalue weighted by molar-refractivity contribution is 6.00. The fraction of sp³-hybridized carbons (Fsp3) is 0.348. The van der Waals surface area contributed by atoms with Crippen molar-refractivity contribution in [3.63, 3.8) is 0 Å². The van der Waals surface area contributed by atoms with Crippen molar-refractivity contribution in [1.29, 1.82) is 0 Å². The smallest absolute Gasteiger partial charge is 0.355 e. The van der Waals surface area contributed by atoms with Gasteiger partial charge in [0.15, 0.2) is 12.4 Å². The molecule has 3 rings (SSSR count). The zero-order valence-corrected chi connectivity index (χ0v) is 18.1. The molecule has 1 aliphatic heterocycles. The van der Waals surface area contributed by atoms with Gasteiger partial charge in [-0.15, -0.1) is 0 Å². The second-order valence-corrected chi connectivity index (χ2v) is 7.89. The number of anilines is 1. The van der Waals surface area contributed by atoms with Crippen LogP contribution in [0.2, 0.25) is 0 Å². The molecule has 0 atom stereocenters. The Morgan fingerprint density at radius 3 is 2.43 bits per heavy atom. The number of methoxy groups -OCH3 is 1. The lowest BCUT2D eigenvalue weighted by Gasteiger charge is -2.23. The van der Waals surface area contributed by atoms with Gasteiger partial charge in [0, 0.05) is 35.6 Å². The van der Waals surface area contributed by atoms with Crippen LogP contribution in [-0.4, -0.2) is 43.5 Å². The number of rotatable bonds is 5. The summed E-state index contributed by atoms with van der Waals surface area (Å²) >= 11 is 0. The van der Waals surface area contributed by atoms with Gasteiger partial charge in [-0.05, 0) is 31.0 Å². The first-order valence-electron chi connectivity index (χ1n) is 9.62. The number of ether oxygens (including phenoxy) is 2. The molecule has 1 aromatic heterocycles. The molecule has 30 heavy (non-hydrogen) atoms. The molecule has 1 N–H and O–H groups in total. The molecular formula is C23H26N2O5. The summed E-state index contributed by atoms with van der Waals surface area (Å²) in [7, 11) is 3.19. The molecule has 0 fully saturated rings. The Balaban J connectivity index is 1.74. The standard InChI is InChI=1S/C23H26N2O5/c1-13-19(21(27)29-6)14(2)24-20(13)22(28)30-12-15(26)11-18-23(3,4)16-9-7-8-10-17(16)25(18)5/h7-11,24H,12H2,1-6H3/b18-11+. The van der Waals surface area contributed by atoms with Gasteiger partial charge < -0.3 is 19.4 Å². The Morgan fingerprint density at radius 2 is 1.80 bits per heavy atom. The van der Waals surface area contributed by atoms with Gasteiger partial charge in [-0.25, -0.2) is 9.59 Å². The number of hydrogen-bond acceptors (Lipinski definition) is 6. The average molecular weight is 410 g/mol. The van der Waals surface area contributed by atoms with E-state index in [0.29, 0.717) is 16.8 Å². The normalized spacial score (nSPS) is 15.8. The van der Waals surface area contributed by atoms with E-state index >= 15 is 0 Å². The third kappa shape index (κ3) is 3.51. The van der Waals surface area contributed by atoms with Crippen LogP contribution in [-0.2, 0) is 19.7 Å². The highest BCUT2D eigenvalue weighted by Gasteiger charge is 2.38. The van der Waals surface area contributed by atoms with Crippen molar-refractivity contribution >= 4 is 23.4 Å². The van der Waals surface area contributed by atoms with Crippen molar-refractivity contribution in [2.45, 2.75) is 33.1 Å². The Hall–Kier alpha value is -3.35. The molecule has 0 amide bonds. The zero-order valence-electron chi connectivity index (χ0n) is 18.1. The molecule has 1 aromatic carbocycles. The summed E-state index contributed by atoms with van der Waals surface area (Å²) in [6.07, 6.45) is 1.53. The zero-order chi connectivity index (χ0) is 22.2. The minimum absolute atomic E-state index is 0.138. The first-order valence-corrected chi connectivity index (χ1v) is 9.62. The van der Waals surface area contributed by atoms with E-state index in [2.05, 4.69) is 18.8 Å². The number of nitrogens with zero attached hydrogens (tertiary/aromatic N) is 1. The monoisotopic (exact) mass is 410 g/mol. The molecule has 7 heteroatoms. The summed E-state index contributed by atoms with van der Waals surface area (Å²) in [4.78, 5) is 41.7. The number of carbonyl (C=O) groups excluding carboxylic acids is 3. The number of aromatic amines is 1. The number of carbonyl (C=O) groups is 3. The minimum atomic E-state index is -0.695. The summed E-state index contributed by atoms with van der Waals surface area (Å²) in [5, 5.41) is 0. The number of fused-ring (bicyclic) bond motifs is 1. The van der Waals surface area contributed by atoms with Crippen LogP contribution in [0, 0.1) is 13.8 Å². The van der Waals surface area contributed by atoms with Gasteiger partial charge in [0.1, 0.15) is 5.69 Å². The van der Waals surface area contributed by atoms with Gasteiger partial charge in [0.25, 0.3) is 0 Å².